The van der Waals surface area contributed by atoms with Crippen LogP contribution in [0.1, 0.15) is 0 Å². The molecule has 0 aliphatic carbocycles. The summed E-state index contributed by atoms with van der Waals surface area (Å²) in [5.41, 5.74) is 0. The lowest BCUT2D eigenvalue weighted by Gasteiger charge is -2.25. The minimum absolute atomic E-state index is 0.263. The van der Waals surface area contributed by atoms with Crippen molar-refractivity contribution in [3.8, 4) is 5.75 Å². The number of amides is 1. The molecule has 1 N–H and O–H groups in total. The van der Waals surface area contributed by atoms with Crippen LogP contribution in [-0.2, 0) is 4.79 Å². The summed E-state index contributed by atoms with van der Waals surface area (Å²) >= 11 is 28.2. The lowest BCUT2D eigenvalue weighted by molar-refractivity contribution is -0.121. The Morgan fingerprint density at radius 1 is 1.28 bits per heavy atom. The third-order valence-corrected chi connectivity index (χ3v) is 2.87. The Labute approximate surface area is 129 Å². The summed E-state index contributed by atoms with van der Waals surface area (Å²) in [7, 11) is 0. The molecule has 8 heteroatoms. The molecule has 0 aliphatic heterocycles. The summed E-state index contributed by atoms with van der Waals surface area (Å²) in [6.07, 6.45) is -1.16. The van der Waals surface area contributed by atoms with E-state index in [4.69, 9.17) is 62.7 Å². The fraction of sp³-hybridized carbons (Fsp3) is 0.300. The molecule has 0 fully saturated rings. The molecule has 18 heavy (non-hydrogen) atoms. The molecule has 0 bridgehead atoms. The maximum atomic E-state index is 11.2. The standard InChI is InChI=1S/C10H8Cl5NO2/c11-5-8(17)16-9(10(13,14)15)18-7-3-1-6(12)2-4-7/h1-4,9H,5H2,(H,16,17). The van der Waals surface area contributed by atoms with Crippen molar-refractivity contribution in [2.45, 2.75) is 10.0 Å². The molecule has 0 saturated heterocycles. The monoisotopic (exact) mass is 349 g/mol. The third kappa shape index (κ3) is 5.29. The predicted octanol–water partition coefficient (Wildman–Crippen LogP) is 3.77. The van der Waals surface area contributed by atoms with Crippen molar-refractivity contribution in [1.29, 1.82) is 0 Å². The SMILES string of the molecule is O=C(CCl)NC(Oc1ccc(Cl)cc1)C(Cl)(Cl)Cl. The molecule has 1 atom stereocenters. The highest BCUT2D eigenvalue weighted by Gasteiger charge is 2.36. The number of hydrogen-bond acceptors (Lipinski definition) is 2. The van der Waals surface area contributed by atoms with Gasteiger partial charge in [0.1, 0.15) is 11.6 Å². The third-order valence-electron chi connectivity index (χ3n) is 1.78. The van der Waals surface area contributed by atoms with E-state index in [1.165, 1.54) is 0 Å². The molecule has 1 rings (SSSR count). The lowest BCUT2D eigenvalue weighted by Crippen LogP contribution is -2.48. The number of rotatable bonds is 4. The van der Waals surface area contributed by atoms with E-state index in [9.17, 15) is 4.79 Å². The van der Waals surface area contributed by atoms with E-state index in [1.54, 1.807) is 24.3 Å². The van der Waals surface area contributed by atoms with E-state index >= 15 is 0 Å². The van der Waals surface area contributed by atoms with Gasteiger partial charge in [0.25, 0.3) is 0 Å². The highest BCUT2D eigenvalue weighted by molar-refractivity contribution is 6.68. The van der Waals surface area contributed by atoms with Crippen molar-refractivity contribution in [2.24, 2.45) is 0 Å². The van der Waals surface area contributed by atoms with Gasteiger partial charge in [0, 0.05) is 5.02 Å². The topological polar surface area (TPSA) is 38.3 Å². The fourth-order valence-electron chi connectivity index (χ4n) is 1.01. The van der Waals surface area contributed by atoms with Crippen molar-refractivity contribution >= 4 is 63.9 Å². The van der Waals surface area contributed by atoms with Gasteiger partial charge in [0.15, 0.2) is 0 Å². The molecule has 1 aromatic carbocycles. The summed E-state index contributed by atoms with van der Waals surface area (Å²) in [6, 6.07) is 6.38. The second kappa shape index (κ2) is 6.92. The molecule has 3 nitrogen and oxygen atoms in total. The molecule has 100 valence electrons. The predicted molar refractivity (Wildman–Crippen MR) is 75.0 cm³/mol. The van der Waals surface area contributed by atoms with E-state index in [0.717, 1.165) is 0 Å². The maximum absolute atomic E-state index is 11.2. The van der Waals surface area contributed by atoms with Crippen molar-refractivity contribution in [3.05, 3.63) is 29.3 Å². The molecule has 0 heterocycles. The van der Waals surface area contributed by atoms with Gasteiger partial charge in [-0.2, -0.15) is 0 Å². The van der Waals surface area contributed by atoms with Gasteiger partial charge in [-0.15, -0.1) is 11.6 Å². The first kappa shape index (κ1) is 16.0. The number of ether oxygens (including phenoxy) is 1. The number of carbonyl (C=O) groups is 1. The van der Waals surface area contributed by atoms with E-state index < -0.39 is 15.9 Å². The van der Waals surface area contributed by atoms with Crippen LogP contribution in [0, 0.1) is 0 Å². The molecule has 1 unspecified atom stereocenters. The van der Waals surface area contributed by atoms with Crippen LogP contribution in [0.15, 0.2) is 24.3 Å². The molecule has 0 radical (unpaired) electrons. The Kier molecular flexibility index (Phi) is 6.15. The maximum Gasteiger partial charge on any atom is 0.246 e. The highest BCUT2D eigenvalue weighted by atomic mass is 35.6. The Morgan fingerprint density at radius 3 is 2.28 bits per heavy atom. The molecule has 1 aromatic rings. The first-order valence-electron chi connectivity index (χ1n) is 4.67. The summed E-state index contributed by atoms with van der Waals surface area (Å²) in [6.45, 7) is 0. The molecule has 1 amide bonds. The van der Waals surface area contributed by atoms with E-state index in [-0.39, 0.29) is 5.88 Å². The van der Waals surface area contributed by atoms with Crippen molar-refractivity contribution in [2.75, 3.05) is 5.88 Å². The Balaban J connectivity index is 2.78. The second-order valence-corrected chi connectivity index (χ2v) is 6.27. The Bertz CT molecular complexity index is 404. The van der Waals surface area contributed by atoms with E-state index in [0.29, 0.717) is 10.8 Å². The molecule has 0 aromatic heterocycles. The zero-order valence-corrected chi connectivity index (χ0v) is 12.6. The van der Waals surface area contributed by atoms with Crippen LogP contribution in [0.25, 0.3) is 0 Å². The number of alkyl halides is 4. The number of benzene rings is 1. The first-order chi connectivity index (χ1) is 8.32. The summed E-state index contributed by atoms with van der Waals surface area (Å²) in [5.74, 6) is -0.381. The van der Waals surface area contributed by atoms with Crippen LogP contribution in [0.3, 0.4) is 0 Å². The van der Waals surface area contributed by atoms with Gasteiger partial charge in [0.2, 0.25) is 15.9 Å². The van der Waals surface area contributed by atoms with E-state index in [1.807, 2.05) is 0 Å². The van der Waals surface area contributed by atoms with Gasteiger partial charge in [-0.05, 0) is 24.3 Å². The summed E-state index contributed by atoms with van der Waals surface area (Å²) in [4.78, 5) is 11.2. The van der Waals surface area contributed by atoms with Gasteiger partial charge < -0.3 is 10.1 Å². The van der Waals surface area contributed by atoms with Crippen molar-refractivity contribution in [1.82, 2.24) is 5.32 Å². The van der Waals surface area contributed by atoms with Crippen LogP contribution in [0.5, 0.6) is 5.75 Å². The van der Waals surface area contributed by atoms with Gasteiger partial charge in [0.05, 0.1) is 0 Å². The minimum atomic E-state index is -1.83. The molecular formula is C10H8Cl5NO2. The van der Waals surface area contributed by atoms with Gasteiger partial charge >= 0.3 is 0 Å². The average molecular weight is 351 g/mol. The van der Waals surface area contributed by atoms with Crippen LogP contribution in [0.4, 0.5) is 0 Å². The molecule has 0 aliphatic rings. The van der Waals surface area contributed by atoms with Crippen LogP contribution in [-0.4, -0.2) is 21.8 Å². The van der Waals surface area contributed by atoms with Crippen molar-refractivity contribution in [3.63, 3.8) is 0 Å². The largest absolute Gasteiger partial charge is 0.466 e. The number of nitrogens with one attached hydrogen (secondary N) is 1. The van der Waals surface area contributed by atoms with Crippen LogP contribution >= 0.6 is 58.0 Å². The first-order valence-corrected chi connectivity index (χ1v) is 6.72. The number of hydrogen-bond donors (Lipinski definition) is 1. The van der Waals surface area contributed by atoms with Crippen LogP contribution < -0.4 is 10.1 Å². The fourth-order valence-corrected chi connectivity index (χ4v) is 1.51. The molecule has 0 spiro atoms. The van der Waals surface area contributed by atoms with Gasteiger partial charge in [-0.3, -0.25) is 4.79 Å². The van der Waals surface area contributed by atoms with Crippen LogP contribution in [0.2, 0.25) is 5.02 Å². The zero-order valence-electron chi connectivity index (χ0n) is 8.80. The average Bonchev–Trinajstić information content (AvgIpc) is 2.29. The lowest BCUT2D eigenvalue weighted by atomic mass is 10.3. The zero-order chi connectivity index (χ0) is 13.8. The smallest absolute Gasteiger partial charge is 0.246 e. The minimum Gasteiger partial charge on any atom is -0.466 e. The Morgan fingerprint density at radius 2 is 1.83 bits per heavy atom. The molecule has 0 saturated carbocycles. The van der Waals surface area contributed by atoms with Gasteiger partial charge in [-0.25, -0.2) is 0 Å². The molecular weight excluding hydrogens is 343 g/mol. The van der Waals surface area contributed by atoms with Gasteiger partial charge in [-0.1, -0.05) is 46.4 Å². The Hall–Kier alpha value is -0.0600. The normalized spacial score (nSPS) is 12.9. The highest BCUT2D eigenvalue weighted by Crippen LogP contribution is 2.32. The quantitative estimate of drug-likeness (QED) is 0.662. The summed E-state index contributed by atoms with van der Waals surface area (Å²) < 4.78 is 3.53. The van der Waals surface area contributed by atoms with Crippen molar-refractivity contribution < 1.29 is 9.53 Å². The number of carbonyl (C=O) groups excluding carboxylic acids is 1. The van der Waals surface area contributed by atoms with E-state index in [2.05, 4.69) is 5.32 Å². The second-order valence-electron chi connectivity index (χ2n) is 3.19. The number of halogens is 5. The summed E-state index contributed by atoms with van der Waals surface area (Å²) in [5, 5.41) is 2.89.